The Morgan fingerprint density at radius 3 is 2.80 bits per heavy atom. The molecule has 6 heteroatoms. The number of hydrogen-bond donors (Lipinski definition) is 2. The van der Waals surface area contributed by atoms with E-state index in [0.717, 1.165) is 12.8 Å². The van der Waals surface area contributed by atoms with E-state index in [2.05, 4.69) is 4.98 Å². The molecule has 2 rings (SSSR count). The molecule has 76 valence electrons. The van der Waals surface area contributed by atoms with E-state index >= 15 is 0 Å². The van der Waals surface area contributed by atoms with Crippen molar-refractivity contribution in [1.29, 1.82) is 5.26 Å². The van der Waals surface area contributed by atoms with Gasteiger partial charge in [0.25, 0.3) is 0 Å². The van der Waals surface area contributed by atoms with Crippen molar-refractivity contribution in [2.75, 3.05) is 0 Å². The van der Waals surface area contributed by atoms with Gasteiger partial charge in [0.2, 0.25) is 5.88 Å². The van der Waals surface area contributed by atoms with Crippen LogP contribution < -0.4 is 10.2 Å². The second-order valence-electron chi connectivity index (χ2n) is 3.41. The molecule has 5 nitrogen and oxygen atoms in total. The first-order valence-corrected chi connectivity index (χ1v) is 4.63. The number of pyridine rings is 1. The summed E-state index contributed by atoms with van der Waals surface area (Å²) in [6.07, 6.45) is 3.47. The van der Waals surface area contributed by atoms with Crippen LogP contribution in [0.2, 0.25) is 0 Å². The Balaban J connectivity index is 2.25. The molecule has 0 radical (unpaired) electrons. The fraction of sp³-hybridized carbons (Fsp3) is 0.333. The van der Waals surface area contributed by atoms with Gasteiger partial charge in [-0.1, -0.05) is 0 Å². The first-order valence-electron chi connectivity index (χ1n) is 4.63. The molecule has 0 unspecified atom stereocenters. The zero-order valence-corrected chi connectivity index (χ0v) is 7.92. The highest BCUT2D eigenvalue weighted by molar-refractivity contribution is 6.59. The minimum absolute atomic E-state index is 0.0978. The van der Waals surface area contributed by atoms with Crippen molar-refractivity contribution in [3.05, 3.63) is 17.8 Å². The Kier molecular flexibility index (Phi) is 2.58. The lowest BCUT2D eigenvalue weighted by atomic mass is 9.78. The fourth-order valence-electron chi connectivity index (χ4n) is 1.17. The Hall–Kier alpha value is -1.58. The van der Waals surface area contributed by atoms with Crippen LogP contribution in [0.1, 0.15) is 18.4 Å². The van der Waals surface area contributed by atoms with Gasteiger partial charge in [-0.3, -0.25) is 0 Å². The van der Waals surface area contributed by atoms with Crippen molar-refractivity contribution < 1.29 is 14.8 Å². The smallest absolute Gasteiger partial charge is 0.474 e. The van der Waals surface area contributed by atoms with Crippen molar-refractivity contribution in [3.63, 3.8) is 0 Å². The topological polar surface area (TPSA) is 86.4 Å². The zero-order valence-electron chi connectivity index (χ0n) is 7.92. The van der Waals surface area contributed by atoms with E-state index in [1.807, 2.05) is 6.07 Å². The molecular formula is C9H9BN2O3. The van der Waals surface area contributed by atoms with Crippen molar-refractivity contribution in [1.82, 2.24) is 4.98 Å². The van der Waals surface area contributed by atoms with Crippen LogP contribution in [-0.4, -0.2) is 28.3 Å². The molecule has 2 N–H and O–H groups in total. The van der Waals surface area contributed by atoms with Gasteiger partial charge in [0.15, 0.2) is 0 Å². The molecule has 1 aromatic rings. The normalized spacial score (nSPS) is 14.5. The maximum Gasteiger partial charge on any atom is 0.491 e. The highest BCUT2D eigenvalue weighted by Gasteiger charge is 2.25. The summed E-state index contributed by atoms with van der Waals surface area (Å²) >= 11 is 0. The van der Waals surface area contributed by atoms with E-state index < -0.39 is 7.12 Å². The summed E-state index contributed by atoms with van der Waals surface area (Å²) in [5.74, 6) is 0.360. The summed E-state index contributed by atoms with van der Waals surface area (Å²) in [7, 11) is -1.68. The number of rotatable bonds is 3. The highest BCUT2D eigenvalue weighted by Crippen LogP contribution is 2.25. The van der Waals surface area contributed by atoms with Gasteiger partial charge in [-0.25, -0.2) is 4.98 Å². The summed E-state index contributed by atoms with van der Waals surface area (Å²) < 4.78 is 5.38. The molecule has 0 spiro atoms. The number of ether oxygens (including phenoxy) is 1. The number of nitriles is 1. The SMILES string of the molecule is N#Cc1cc(OC2CC2)ncc1B(O)O. The fourth-order valence-corrected chi connectivity index (χ4v) is 1.17. The average Bonchev–Trinajstić information content (AvgIpc) is 3.01. The summed E-state index contributed by atoms with van der Waals surface area (Å²) in [6.45, 7) is 0. The lowest BCUT2D eigenvalue weighted by molar-refractivity contribution is 0.291. The first kappa shape index (κ1) is 9.96. The predicted molar refractivity (Wildman–Crippen MR) is 52.4 cm³/mol. The maximum absolute atomic E-state index is 8.94. The Labute approximate surface area is 87.1 Å². The van der Waals surface area contributed by atoms with Gasteiger partial charge < -0.3 is 14.8 Å². The summed E-state index contributed by atoms with van der Waals surface area (Å²) in [4.78, 5) is 3.90. The first-order chi connectivity index (χ1) is 7.20. The third-order valence-corrected chi connectivity index (χ3v) is 2.12. The van der Waals surface area contributed by atoms with Crippen LogP contribution >= 0.6 is 0 Å². The van der Waals surface area contributed by atoms with E-state index in [4.69, 9.17) is 20.0 Å². The molecule has 1 aromatic heterocycles. The summed E-state index contributed by atoms with van der Waals surface area (Å²) in [5.41, 5.74) is 0.274. The lowest BCUT2D eigenvalue weighted by Crippen LogP contribution is -2.32. The molecule has 0 atom stereocenters. The minimum atomic E-state index is -1.68. The van der Waals surface area contributed by atoms with Crippen LogP contribution in [0, 0.1) is 11.3 Å². The number of nitrogens with zero attached hydrogens (tertiary/aromatic N) is 2. The Morgan fingerprint density at radius 1 is 1.53 bits per heavy atom. The Bertz CT molecular complexity index is 412. The van der Waals surface area contributed by atoms with Crippen LogP contribution in [0.15, 0.2) is 12.3 Å². The van der Waals surface area contributed by atoms with Gasteiger partial charge in [0, 0.05) is 17.7 Å². The van der Waals surface area contributed by atoms with Crippen molar-refractivity contribution in [2.24, 2.45) is 0 Å². The largest absolute Gasteiger partial charge is 0.491 e. The minimum Gasteiger partial charge on any atom is -0.474 e. The van der Waals surface area contributed by atoms with Crippen molar-refractivity contribution >= 4 is 12.6 Å². The quantitative estimate of drug-likeness (QED) is 0.627. The van der Waals surface area contributed by atoms with Crippen molar-refractivity contribution in [3.8, 4) is 11.9 Å². The molecular weight excluding hydrogens is 195 g/mol. The molecule has 1 fully saturated rings. The van der Waals surface area contributed by atoms with Crippen LogP contribution in [0.4, 0.5) is 0 Å². The van der Waals surface area contributed by atoms with E-state index in [9.17, 15) is 0 Å². The highest BCUT2D eigenvalue weighted by atomic mass is 16.5. The molecule has 0 saturated heterocycles. The van der Waals surface area contributed by atoms with Gasteiger partial charge in [-0.15, -0.1) is 0 Å². The van der Waals surface area contributed by atoms with Gasteiger partial charge in [0.05, 0.1) is 11.6 Å². The average molecular weight is 204 g/mol. The predicted octanol–water partition coefficient (Wildman–Crippen LogP) is -0.826. The standard InChI is InChI=1S/C9H9BN2O3/c11-4-6-3-9(15-7-1-2-7)12-5-8(6)10(13)14/h3,5,7,13-14H,1-2H2. The van der Waals surface area contributed by atoms with Gasteiger partial charge >= 0.3 is 7.12 Å². The monoisotopic (exact) mass is 204 g/mol. The molecule has 0 bridgehead atoms. The third-order valence-electron chi connectivity index (χ3n) is 2.12. The van der Waals surface area contributed by atoms with E-state index in [-0.39, 0.29) is 17.1 Å². The molecule has 1 saturated carbocycles. The zero-order chi connectivity index (χ0) is 10.8. The molecule has 1 aliphatic rings. The number of hydrogen-bond acceptors (Lipinski definition) is 5. The van der Waals surface area contributed by atoms with Crippen LogP contribution in [-0.2, 0) is 0 Å². The third kappa shape index (κ3) is 2.26. The van der Waals surface area contributed by atoms with Crippen LogP contribution in [0.25, 0.3) is 0 Å². The molecule has 0 aromatic carbocycles. The second-order valence-corrected chi connectivity index (χ2v) is 3.41. The van der Waals surface area contributed by atoms with Gasteiger partial charge in [0.1, 0.15) is 6.10 Å². The van der Waals surface area contributed by atoms with Gasteiger partial charge in [-0.05, 0) is 12.8 Å². The number of aromatic nitrogens is 1. The lowest BCUT2D eigenvalue weighted by Gasteiger charge is -2.06. The van der Waals surface area contributed by atoms with E-state index in [1.54, 1.807) is 0 Å². The molecule has 1 heterocycles. The molecule has 1 aliphatic carbocycles. The Morgan fingerprint density at radius 2 is 2.27 bits per heavy atom. The van der Waals surface area contributed by atoms with Gasteiger partial charge in [-0.2, -0.15) is 5.26 Å². The molecule has 0 amide bonds. The van der Waals surface area contributed by atoms with E-state index in [1.165, 1.54) is 12.3 Å². The van der Waals surface area contributed by atoms with Crippen LogP contribution in [0.3, 0.4) is 0 Å². The summed E-state index contributed by atoms with van der Waals surface area (Å²) in [6, 6.07) is 3.29. The molecule has 15 heavy (non-hydrogen) atoms. The van der Waals surface area contributed by atoms with Crippen LogP contribution in [0.5, 0.6) is 5.88 Å². The van der Waals surface area contributed by atoms with E-state index in [0.29, 0.717) is 5.88 Å². The summed E-state index contributed by atoms with van der Waals surface area (Å²) in [5, 5.41) is 26.7. The van der Waals surface area contributed by atoms with Crippen molar-refractivity contribution in [2.45, 2.75) is 18.9 Å². The maximum atomic E-state index is 8.94. The molecule has 0 aliphatic heterocycles. The second kappa shape index (κ2) is 3.89.